The van der Waals surface area contributed by atoms with Crippen LogP contribution in [0, 0.1) is 17.7 Å². The van der Waals surface area contributed by atoms with Crippen LogP contribution in [0.4, 0.5) is 20.8 Å². The van der Waals surface area contributed by atoms with E-state index in [9.17, 15) is 32.0 Å². The highest BCUT2D eigenvalue weighted by molar-refractivity contribution is 7.90. The summed E-state index contributed by atoms with van der Waals surface area (Å²) in [6.07, 6.45) is 3.50. The number of hydrogen-bond donors (Lipinski definition) is 2. The van der Waals surface area contributed by atoms with Crippen LogP contribution in [0.3, 0.4) is 0 Å². The van der Waals surface area contributed by atoms with Crippen LogP contribution >= 0.6 is 0 Å². The first kappa shape index (κ1) is 46.0. The summed E-state index contributed by atoms with van der Waals surface area (Å²) in [7, 11) is -2.38. The molecule has 0 saturated heterocycles. The van der Waals surface area contributed by atoms with Crippen LogP contribution in [-0.4, -0.2) is 79.4 Å². The molecule has 0 aliphatic carbocycles. The lowest BCUT2D eigenvalue weighted by Gasteiger charge is -2.22. The van der Waals surface area contributed by atoms with Gasteiger partial charge in [-0.25, -0.2) is 27.0 Å². The summed E-state index contributed by atoms with van der Waals surface area (Å²) in [4.78, 5) is 58.4. The highest BCUT2D eigenvalue weighted by atomic mass is 32.2. The van der Waals surface area contributed by atoms with Crippen molar-refractivity contribution in [3.63, 3.8) is 0 Å². The first-order valence-electron chi connectivity index (χ1n) is 19.7. The topological polar surface area (TPSA) is 216 Å². The number of Topliss-reactive ketones (excluding diaryl/α,β-unsaturated/α-hetero) is 2. The lowest BCUT2D eigenvalue weighted by Crippen LogP contribution is -2.36. The molecule has 3 aromatic carbocycles. The molecule has 1 amide bonds. The number of sulfone groups is 1. The van der Waals surface area contributed by atoms with Crippen LogP contribution in [0.5, 0.6) is 5.75 Å². The number of pyridine rings is 1. The molecule has 0 aliphatic heterocycles. The molecule has 0 bridgehead atoms. The number of nitrogens with zero attached hydrogens (tertiary/aromatic N) is 4. The number of ether oxygens (including phenoxy) is 3. The van der Waals surface area contributed by atoms with Gasteiger partial charge in [0.05, 0.1) is 29.7 Å². The van der Waals surface area contributed by atoms with Gasteiger partial charge in [0.2, 0.25) is 6.79 Å². The molecule has 2 heterocycles. The third kappa shape index (κ3) is 11.8. The van der Waals surface area contributed by atoms with E-state index < -0.39 is 46.6 Å². The van der Waals surface area contributed by atoms with Crippen molar-refractivity contribution in [3.8, 4) is 16.9 Å². The zero-order valence-electron chi connectivity index (χ0n) is 34.7. The number of halogens is 1. The number of esters is 1. The minimum atomic E-state index is -3.67. The number of rotatable bonds is 20. The van der Waals surface area contributed by atoms with Gasteiger partial charge in [-0.1, -0.05) is 63.6 Å². The fourth-order valence-corrected chi connectivity index (χ4v) is 7.18. The van der Waals surface area contributed by atoms with Crippen LogP contribution < -0.4 is 21.1 Å². The molecule has 5 aromatic rings. The monoisotopic (exact) mass is 858 g/mol. The van der Waals surface area contributed by atoms with E-state index in [1.165, 1.54) is 42.0 Å². The molecule has 17 heteroatoms. The number of benzene rings is 3. The van der Waals surface area contributed by atoms with Crippen molar-refractivity contribution in [3.05, 3.63) is 102 Å². The van der Waals surface area contributed by atoms with E-state index in [1.807, 2.05) is 24.3 Å². The van der Waals surface area contributed by atoms with Gasteiger partial charge in [-0.3, -0.25) is 14.4 Å². The maximum absolute atomic E-state index is 13.9. The molecule has 61 heavy (non-hydrogen) atoms. The molecule has 0 aliphatic rings. The predicted molar refractivity (Wildman–Crippen MR) is 226 cm³/mol. The molecular weight excluding hydrogens is 808 g/mol. The Morgan fingerprint density at radius 2 is 1.57 bits per heavy atom. The predicted octanol–water partition coefficient (Wildman–Crippen LogP) is 6.33. The smallest absolute Gasteiger partial charge is 0.424 e. The highest BCUT2D eigenvalue weighted by Gasteiger charge is 2.31. The summed E-state index contributed by atoms with van der Waals surface area (Å²) in [6.45, 7) is 4.96. The van der Waals surface area contributed by atoms with Gasteiger partial charge in [0.25, 0.3) is 5.95 Å². The van der Waals surface area contributed by atoms with Crippen molar-refractivity contribution in [2.75, 3.05) is 31.6 Å². The molecule has 0 fully saturated rings. The van der Waals surface area contributed by atoms with Crippen molar-refractivity contribution in [2.24, 2.45) is 23.3 Å². The minimum absolute atomic E-state index is 0.0125. The summed E-state index contributed by atoms with van der Waals surface area (Å²) in [5.41, 5.74) is 15.0. The second kappa shape index (κ2) is 20.5. The number of nitrogens with two attached hydrogens (primary N) is 2. The van der Waals surface area contributed by atoms with Gasteiger partial charge < -0.3 is 25.7 Å². The van der Waals surface area contributed by atoms with Gasteiger partial charge in [-0.15, -0.1) is 5.10 Å². The Morgan fingerprint density at radius 3 is 2.21 bits per heavy atom. The fourth-order valence-electron chi connectivity index (χ4n) is 6.54. The average Bonchev–Trinajstić information content (AvgIpc) is 3.65. The standard InChI is InChI=1S/C44H51FN6O9S/c1-27(2)35(24-39(53)36(47)8-6-7-21-46)42(54)59-26-60-44(55)51(37-19-18-34(61(5,56)57)23-40(37)58-4)43-48-41-20-15-32(25-50(41)49-43)31-11-9-29(10-12-31)22-38(52)28(3)30-13-16-33(45)17-14-30/h9-20,23,25,27-28,35-36H,6-8,21-22,24,26,46-47H2,1-5H3/t28-,35+,36+/m1/s1. The Balaban J connectivity index is 1.36. The van der Waals surface area contributed by atoms with Crippen molar-refractivity contribution in [1.82, 2.24) is 14.6 Å². The molecule has 15 nitrogen and oxygen atoms in total. The second-order valence-corrected chi connectivity index (χ2v) is 17.1. The number of ketones is 2. The first-order valence-corrected chi connectivity index (χ1v) is 21.6. The molecule has 0 unspecified atom stereocenters. The Hall–Kier alpha value is -6.04. The van der Waals surface area contributed by atoms with E-state index >= 15 is 0 Å². The van der Waals surface area contributed by atoms with Gasteiger partial charge >= 0.3 is 12.1 Å². The summed E-state index contributed by atoms with van der Waals surface area (Å²) in [5, 5.41) is 4.55. The molecule has 5 rings (SSSR count). The third-order valence-corrected chi connectivity index (χ3v) is 11.4. The molecule has 4 N–H and O–H groups in total. The molecule has 324 valence electrons. The van der Waals surface area contributed by atoms with E-state index in [4.69, 9.17) is 25.7 Å². The number of hydrogen-bond acceptors (Lipinski definition) is 13. The summed E-state index contributed by atoms with van der Waals surface area (Å²) < 4.78 is 55.9. The number of amides is 1. The molecule has 0 radical (unpaired) electrons. The van der Waals surface area contributed by atoms with Gasteiger partial charge in [0.1, 0.15) is 23.1 Å². The van der Waals surface area contributed by atoms with Crippen molar-refractivity contribution >= 4 is 50.7 Å². The summed E-state index contributed by atoms with van der Waals surface area (Å²) >= 11 is 0. The van der Waals surface area contributed by atoms with Gasteiger partial charge in [0, 0.05) is 42.8 Å². The fraction of sp³-hybridized carbons (Fsp3) is 0.364. The van der Waals surface area contributed by atoms with Crippen LogP contribution in [0.15, 0.2) is 90.0 Å². The number of carbonyl (C=O) groups is 4. The maximum atomic E-state index is 13.9. The molecular formula is C44H51FN6O9S. The Morgan fingerprint density at radius 1 is 0.885 bits per heavy atom. The SMILES string of the molecule is COc1cc(S(C)(=O)=O)ccc1N(C(=O)OCOC(=O)[C@@H](CC(=O)[C@@H](N)CCCCN)C(C)C)c1nc2ccc(-c3ccc(CC(=O)[C@H](C)c4ccc(F)cc4)cc3)cn2n1. The van der Waals surface area contributed by atoms with Crippen LogP contribution in [0.25, 0.3) is 16.8 Å². The highest BCUT2D eigenvalue weighted by Crippen LogP contribution is 2.36. The normalized spacial score (nSPS) is 13.1. The van der Waals surface area contributed by atoms with Gasteiger partial charge in [-0.2, -0.15) is 4.98 Å². The molecule has 0 saturated carbocycles. The van der Waals surface area contributed by atoms with Gasteiger partial charge in [0.15, 0.2) is 15.5 Å². The first-order chi connectivity index (χ1) is 29.0. The molecule has 0 spiro atoms. The lowest BCUT2D eigenvalue weighted by atomic mass is 9.88. The van der Waals surface area contributed by atoms with Crippen molar-refractivity contribution in [1.29, 1.82) is 0 Å². The van der Waals surface area contributed by atoms with E-state index in [2.05, 4.69) is 10.1 Å². The van der Waals surface area contributed by atoms with Crippen LogP contribution in [-0.2, 0) is 40.1 Å². The average molecular weight is 859 g/mol. The number of fused-ring (bicyclic) bond motifs is 1. The molecule has 2 aromatic heterocycles. The Kier molecular flexibility index (Phi) is 15.5. The van der Waals surface area contributed by atoms with Crippen molar-refractivity contribution in [2.45, 2.75) is 69.7 Å². The summed E-state index contributed by atoms with van der Waals surface area (Å²) in [6, 6.07) is 19.9. The van der Waals surface area contributed by atoms with Gasteiger partial charge in [-0.05, 0) is 78.4 Å². The maximum Gasteiger partial charge on any atom is 0.424 e. The van der Waals surface area contributed by atoms with Crippen LogP contribution in [0.1, 0.15) is 63.5 Å². The molecule has 3 atom stereocenters. The minimum Gasteiger partial charge on any atom is -0.495 e. The van der Waals surface area contributed by atoms with E-state index in [0.717, 1.165) is 39.8 Å². The number of carbonyl (C=O) groups excluding carboxylic acids is 4. The number of unbranched alkanes of at least 4 members (excludes halogenated alkanes) is 1. The number of aromatic nitrogens is 3. The lowest BCUT2D eigenvalue weighted by molar-refractivity contribution is -0.159. The quantitative estimate of drug-likeness (QED) is 0.0498. The van der Waals surface area contributed by atoms with E-state index in [1.54, 1.807) is 51.2 Å². The largest absolute Gasteiger partial charge is 0.495 e. The van der Waals surface area contributed by atoms with Crippen molar-refractivity contribution < 1.29 is 46.2 Å². The van der Waals surface area contributed by atoms with E-state index in [-0.39, 0.29) is 58.4 Å². The van der Waals surface area contributed by atoms with E-state index in [0.29, 0.717) is 25.0 Å². The zero-order chi connectivity index (χ0) is 44.4. The second-order valence-electron chi connectivity index (χ2n) is 15.1. The Labute approximate surface area is 354 Å². The number of methoxy groups -OCH3 is 1. The Bertz CT molecular complexity index is 2460. The summed E-state index contributed by atoms with van der Waals surface area (Å²) in [5.74, 6) is -3.19. The third-order valence-electron chi connectivity index (χ3n) is 10.3. The van der Waals surface area contributed by atoms with Crippen LogP contribution in [0.2, 0.25) is 0 Å². The number of anilines is 2. The zero-order valence-corrected chi connectivity index (χ0v) is 35.6.